The minimum Gasteiger partial charge on any atom is -0.381 e. The lowest BCUT2D eigenvalue weighted by molar-refractivity contribution is 0.617. The molecule has 1 rings (SSSR count). The highest BCUT2D eigenvalue weighted by atomic mass is 19.1. The van der Waals surface area contributed by atoms with Crippen molar-refractivity contribution >= 4 is 11.9 Å². The van der Waals surface area contributed by atoms with Gasteiger partial charge in [0, 0.05) is 25.5 Å². The Labute approximate surface area is 109 Å². The lowest BCUT2D eigenvalue weighted by atomic mass is 10.1. The average Bonchev–Trinajstić information content (AvgIpc) is 2.33. The van der Waals surface area contributed by atoms with E-state index in [-0.39, 0.29) is 5.82 Å². The first-order chi connectivity index (χ1) is 8.45. The van der Waals surface area contributed by atoms with E-state index in [0.29, 0.717) is 12.1 Å². The fourth-order valence-electron chi connectivity index (χ4n) is 1.60. The van der Waals surface area contributed by atoms with Crippen LogP contribution < -0.4 is 5.32 Å². The summed E-state index contributed by atoms with van der Waals surface area (Å²) < 4.78 is 13.6. The van der Waals surface area contributed by atoms with E-state index in [1.807, 2.05) is 33.1 Å². The summed E-state index contributed by atoms with van der Waals surface area (Å²) >= 11 is 0. The van der Waals surface area contributed by atoms with Gasteiger partial charge in [-0.05, 0) is 62.1 Å². The summed E-state index contributed by atoms with van der Waals surface area (Å²) in [5.74, 6) is -0.161. The molecule has 0 saturated heterocycles. The quantitative estimate of drug-likeness (QED) is 0.803. The molecule has 0 radical (unpaired) electrons. The molecule has 0 amide bonds. The molecule has 1 aromatic rings. The molecule has 0 aliphatic rings. The first-order valence-corrected chi connectivity index (χ1v) is 6.04. The molecule has 0 aliphatic heterocycles. The van der Waals surface area contributed by atoms with E-state index >= 15 is 0 Å². The van der Waals surface area contributed by atoms with Crippen molar-refractivity contribution in [3.63, 3.8) is 0 Å². The second kappa shape index (κ2) is 6.34. The number of allylic oxidation sites excluding steroid dienone is 1. The molecule has 0 bridgehead atoms. The van der Waals surface area contributed by atoms with Gasteiger partial charge >= 0.3 is 0 Å². The summed E-state index contributed by atoms with van der Waals surface area (Å²) in [5.41, 5.74) is 4.82. The third kappa shape index (κ3) is 3.69. The largest absolute Gasteiger partial charge is 0.381 e. The molecule has 0 unspecified atom stereocenters. The molecule has 2 nitrogen and oxygen atoms in total. The molecule has 0 aliphatic carbocycles. The van der Waals surface area contributed by atoms with Crippen LogP contribution in [0.25, 0.3) is 0 Å². The van der Waals surface area contributed by atoms with Gasteiger partial charge in [-0.3, -0.25) is 4.99 Å². The molecule has 1 N–H and O–H groups in total. The normalized spacial score (nSPS) is 12.8. The number of aryl methyl sites for hydroxylation is 1. The highest BCUT2D eigenvalue weighted by Gasteiger charge is 2.04. The van der Waals surface area contributed by atoms with Crippen molar-refractivity contribution in [1.82, 2.24) is 0 Å². The van der Waals surface area contributed by atoms with Crippen LogP contribution in [0.15, 0.2) is 28.3 Å². The first kappa shape index (κ1) is 14.4. The van der Waals surface area contributed by atoms with E-state index in [4.69, 9.17) is 0 Å². The number of halogens is 1. The second-order valence-electron chi connectivity index (χ2n) is 4.60. The van der Waals surface area contributed by atoms with E-state index in [0.717, 1.165) is 16.8 Å². The highest BCUT2D eigenvalue weighted by Crippen LogP contribution is 2.18. The van der Waals surface area contributed by atoms with Crippen molar-refractivity contribution < 1.29 is 4.39 Å². The maximum Gasteiger partial charge on any atom is 0.128 e. The summed E-state index contributed by atoms with van der Waals surface area (Å²) in [5, 5.41) is 3.23. The predicted octanol–water partition coefficient (Wildman–Crippen LogP) is 3.89. The number of nitrogens with zero attached hydrogens (tertiary/aromatic N) is 1. The second-order valence-corrected chi connectivity index (χ2v) is 4.60. The van der Waals surface area contributed by atoms with Crippen LogP contribution in [-0.4, -0.2) is 19.8 Å². The Hall–Kier alpha value is -1.64. The van der Waals surface area contributed by atoms with Crippen LogP contribution in [-0.2, 0) is 0 Å². The Bertz CT molecular complexity index is 464. The fraction of sp³-hybridized carbons (Fsp3) is 0.400. The van der Waals surface area contributed by atoms with Crippen molar-refractivity contribution in [1.29, 1.82) is 0 Å². The van der Waals surface area contributed by atoms with Crippen LogP contribution >= 0.6 is 0 Å². The van der Waals surface area contributed by atoms with Gasteiger partial charge in [-0.15, -0.1) is 0 Å². The van der Waals surface area contributed by atoms with Gasteiger partial charge in [0.25, 0.3) is 0 Å². The Morgan fingerprint density at radius 1 is 1.33 bits per heavy atom. The van der Waals surface area contributed by atoms with Crippen LogP contribution in [0.5, 0.6) is 0 Å². The van der Waals surface area contributed by atoms with Crippen LogP contribution in [0, 0.1) is 19.7 Å². The van der Waals surface area contributed by atoms with E-state index in [2.05, 4.69) is 10.3 Å². The van der Waals surface area contributed by atoms with Gasteiger partial charge in [-0.25, -0.2) is 4.39 Å². The zero-order valence-electron chi connectivity index (χ0n) is 11.8. The number of hydrogen-bond acceptors (Lipinski definition) is 2. The Morgan fingerprint density at radius 2 is 2.00 bits per heavy atom. The van der Waals surface area contributed by atoms with Crippen LogP contribution in [0.1, 0.15) is 25.0 Å². The van der Waals surface area contributed by atoms with E-state index in [1.54, 1.807) is 20.0 Å². The molecular formula is C15H21FN2. The van der Waals surface area contributed by atoms with Crippen molar-refractivity contribution in [2.75, 3.05) is 18.9 Å². The third-order valence-electron chi connectivity index (χ3n) is 3.16. The van der Waals surface area contributed by atoms with Gasteiger partial charge in [-0.1, -0.05) is 0 Å². The first-order valence-electron chi connectivity index (χ1n) is 6.04. The molecule has 98 valence electrons. The molecule has 18 heavy (non-hydrogen) atoms. The maximum atomic E-state index is 13.6. The highest BCUT2D eigenvalue weighted by molar-refractivity contribution is 5.78. The topological polar surface area (TPSA) is 24.4 Å². The van der Waals surface area contributed by atoms with E-state index in [1.165, 1.54) is 5.57 Å². The predicted molar refractivity (Wildman–Crippen MR) is 77.2 cm³/mol. The van der Waals surface area contributed by atoms with Crippen LogP contribution in [0.3, 0.4) is 0 Å². The lowest BCUT2D eigenvalue weighted by Crippen LogP contribution is -2.06. The Morgan fingerprint density at radius 3 is 2.56 bits per heavy atom. The van der Waals surface area contributed by atoms with Crippen LogP contribution in [0.4, 0.5) is 10.1 Å². The number of nitrogens with one attached hydrogen (secondary N) is 1. The van der Waals surface area contributed by atoms with Gasteiger partial charge in [0.05, 0.1) is 0 Å². The smallest absolute Gasteiger partial charge is 0.128 e. The molecular weight excluding hydrogens is 227 g/mol. The number of rotatable bonds is 4. The molecule has 0 saturated carbocycles. The molecule has 0 atom stereocenters. The zero-order valence-corrected chi connectivity index (χ0v) is 11.8. The number of aliphatic imine (C=N–C) groups is 1. The van der Waals surface area contributed by atoms with Crippen molar-refractivity contribution in [3.05, 3.63) is 40.2 Å². The van der Waals surface area contributed by atoms with Crippen molar-refractivity contribution in [2.45, 2.75) is 27.7 Å². The number of hydrogen-bond donors (Lipinski definition) is 1. The molecule has 0 heterocycles. The standard InChI is InChI=1S/C15H21FN2/c1-10-6-14(7-15(16)13(10)4)18-9-12(3)11(2)8-17-5/h6-8,18H,9H2,1-5H3/b12-11+,17-8?. The molecule has 0 spiro atoms. The summed E-state index contributed by atoms with van der Waals surface area (Å²) in [6.07, 6.45) is 1.83. The maximum absolute atomic E-state index is 13.6. The summed E-state index contributed by atoms with van der Waals surface area (Å²) in [4.78, 5) is 3.98. The lowest BCUT2D eigenvalue weighted by Gasteiger charge is -2.11. The van der Waals surface area contributed by atoms with Crippen molar-refractivity contribution in [3.8, 4) is 0 Å². The monoisotopic (exact) mass is 248 g/mol. The SMILES string of the molecule is CN=C/C(C)=C(\C)CNc1cc(C)c(C)c(F)c1. The zero-order chi connectivity index (χ0) is 13.7. The number of anilines is 1. The summed E-state index contributed by atoms with van der Waals surface area (Å²) in [7, 11) is 1.75. The minimum absolute atomic E-state index is 0.161. The minimum atomic E-state index is -0.161. The van der Waals surface area contributed by atoms with Gasteiger partial charge < -0.3 is 5.32 Å². The van der Waals surface area contributed by atoms with Crippen LogP contribution in [0.2, 0.25) is 0 Å². The molecule has 0 aromatic heterocycles. The molecule has 1 aromatic carbocycles. The van der Waals surface area contributed by atoms with Gasteiger partial charge in [0.2, 0.25) is 0 Å². The summed E-state index contributed by atoms with van der Waals surface area (Å²) in [6, 6.07) is 3.51. The molecule has 3 heteroatoms. The average molecular weight is 248 g/mol. The van der Waals surface area contributed by atoms with E-state index < -0.39 is 0 Å². The van der Waals surface area contributed by atoms with Gasteiger partial charge in [-0.2, -0.15) is 0 Å². The molecule has 0 fully saturated rings. The van der Waals surface area contributed by atoms with Gasteiger partial charge in [0.1, 0.15) is 5.82 Å². The Balaban J connectivity index is 2.79. The van der Waals surface area contributed by atoms with Crippen molar-refractivity contribution in [2.24, 2.45) is 4.99 Å². The Kier molecular flexibility index (Phi) is 5.08. The third-order valence-corrected chi connectivity index (χ3v) is 3.16. The number of benzene rings is 1. The van der Waals surface area contributed by atoms with Gasteiger partial charge in [0.15, 0.2) is 0 Å². The fourth-order valence-corrected chi connectivity index (χ4v) is 1.60. The van der Waals surface area contributed by atoms with E-state index in [9.17, 15) is 4.39 Å². The summed E-state index contributed by atoms with van der Waals surface area (Å²) in [6.45, 7) is 8.47.